The zero-order valence-electron chi connectivity index (χ0n) is 11.8. The van der Waals surface area contributed by atoms with Gasteiger partial charge in [-0.05, 0) is 12.3 Å². The molecule has 0 radical (unpaired) electrons. The molecule has 0 rings (SSSR count). The van der Waals surface area contributed by atoms with Gasteiger partial charge in [0.15, 0.2) is 0 Å². The number of primary amides is 1. The SMILES string of the molecule is CC(=O)N[C@@H](C(=O)N[C@@H](CCC(=O)O)C(N)=O)C(C)C. The van der Waals surface area contributed by atoms with E-state index in [0.29, 0.717) is 0 Å². The van der Waals surface area contributed by atoms with Gasteiger partial charge in [-0.2, -0.15) is 0 Å². The van der Waals surface area contributed by atoms with Gasteiger partial charge in [0.25, 0.3) is 0 Å². The topological polar surface area (TPSA) is 139 Å². The fourth-order valence-corrected chi connectivity index (χ4v) is 1.57. The van der Waals surface area contributed by atoms with Crippen molar-refractivity contribution in [3.63, 3.8) is 0 Å². The van der Waals surface area contributed by atoms with Gasteiger partial charge < -0.3 is 21.5 Å². The normalized spacial score (nSPS) is 13.4. The van der Waals surface area contributed by atoms with Gasteiger partial charge in [-0.1, -0.05) is 13.8 Å². The van der Waals surface area contributed by atoms with Crippen molar-refractivity contribution in [3.8, 4) is 0 Å². The van der Waals surface area contributed by atoms with Crippen molar-refractivity contribution in [3.05, 3.63) is 0 Å². The van der Waals surface area contributed by atoms with Gasteiger partial charge in [-0.3, -0.25) is 19.2 Å². The molecule has 3 amide bonds. The molecule has 20 heavy (non-hydrogen) atoms. The Labute approximate surface area is 117 Å². The number of carboxylic acids is 1. The number of nitrogens with two attached hydrogens (primary N) is 1. The number of hydrogen-bond donors (Lipinski definition) is 4. The molecule has 0 fully saturated rings. The Hall–Kier alpha value is -2.12. The summed E-state index contributed by atoms with van der Waals surface area (Å²) >= 11 is 0. The Bertz CT molecular complexity index is 395. The second kappa shape index (κ2) is 8.13. The van der Waals surface area contributed by atoms with Crippen LogP contribution in [0.2, 0.25) is 0 Å². The number of nitrogens with one attached hydrogen (secondary N) is 2. The number of amides is 3. The number of hydrogen-bond acceptors (Lipinski definition) is 4. The van der Waals surface area contributed by atoms with Gasteiger partial charge >= 0.3 is 5.97 Å². The molecule has 5 N–H and O–H groups in total. The first-order valence-electron chi connectivity index (χ1n) is 6.23. The monoisotopic (exact) mass is 287 g/mol. The lowest BCUT2D eigenvalue weighted by atomic mass is 10.0. The van der Waals surface area contributed by atoms with E-state index in [4.69, 9.17) is 10.8 Å². The molecule has 0 bridgehead atoms. The van der Waals surface area contributed by atoms with Gasteiger partial charge in [0.05, 0.1) is 0 Å². The van der Waals surface area contributed by atoms with Gasteiger partial charge in [0.2, 0.25) is 17.7 Å². The predicted molar refractivity (Wildman–Crippen MR) is 70.4 cm³/mol. The lowest BCUT2D eigenvalue weighted by Gasteiger charge is -2.23. The second-order valence-corrected chi connectivity index (χ2v) is 4.82. The van der Waals surface area contributed by atoms with Crippen LogP contribution < -0.4 is 16.4 Å². The fraction of sp³-hybridized carbons (Fsp3) is 0.667. The third kappa shape index (κ3) is 6.72. The van der Waals surface area contributed by atoms with E-state index in [1.54, 1.807) is 13.8 Å². The fourth-order valence-electron chi connectivity index (χ4n) is 1.57. The van der Waals surface area contributed by atoms with Crippen molar-refractivity contribution < 1.29 is 24.3 Å². The minimum absolute atomic E-state index is 0.0959. The lowest BCUT2D eigenvalue weighted by Crippen LogP contribution is -2.54. The molecule has 0 aliphatic carbocycles. The maximum Gasteiger partial charge on any atom is 0.303 e. The summed E-state index contributed by atoms with van der Waals surface area (Å²) in [5.74, 6) is -3.03. The molecule has 0 unspecified atom stereocenters. The Morgan fingerprint density at radius 2 is 1.70 bits per heavy atom. The summed E-state index contributed by atoms with van der Waals surface area (Å²) in [7, 11) is 0. The number of carbonyl (C=O) groups is 4. The van der Waals surface area contributed by atoms with Crippen molar-refractivity contribution in [2.45, 2.75) is 45.7 Å². The third-order valence-electron chi connectivity index (χ3n) is 2.61. The molecule has 0 aromatic carbocycles. The summed E-state index contributed by atoms with van der Waals surface area (Å²) in [4.78, 5) is 44.7. The van der Waals surface area contributed by atoms with Crippen molar-refractivity contribution >= 4 is 23.7 Å². The van der Waals surface area contributed by atoms with Gasteiger partial charge in [0.1, 0.15) is 12.1 Å². The molecule has 114 valence electrons. The minimum atomic E-state index is -1.09. The molecule has 0 aliphatic heterocycles. The molecule has 0 aromatic rings. The zero-order chi connectivity index (χ0) is 15.9. The van der Waals surface area contributed by atoms with Gasteiger partial charge in [-0.15, -0.1) is 0 Å². The molecule has 0 saturated heterocycles. The van der Waals surface area contributed by atoms with E-state index in [0.717, 1.165) is 0 Å². The smallest absolute Gasteiger partial charge is 0.303 e. The van der Waals surface area contributed by atoms with Crippen molar-refractivity contribution in [2.24, 2.45) is 11.7 Å². The highest BCUT2D eigenvalue weighted by Crippen LogP contribution is 2.04. The Kier molecular flexibility index (Phi) is 7.27. The molecule has 8 heteroatoms. The first-order chi connectivity index (χ1) is 9.15. The van der Waals surface area contributed by atoms with Crippen LogP contribution in [0.3, 0.4) is 0 Å². The average Bonchev–Trinajstić information content (AvgIpc) is 2.29. The number of carboxylic acid groups (broad SMARTS) is 1. The van der Waals surface area contributed by atoms with Crippen LogP contribution in [0.25, 0.3) is 0 Å². The largest absolute Gasteiger partial charge is 0.481 e. The highest BCUT2D eigenvalue weighted by molar-refractivity contribution is 5.91. The lowest BCUT2D eigenvalue weighted by molar-refractivity contribution is -0.138. The summed E-state index contributed by atoms with van der Waals surface area (Å²) in [6.07, 6.45) is -0.387. The molecule has 0 aliphatic rings. The molecule has 0 heterocycles. The second-order valence-electron chi connectivity index (χ2n) is 4.82. The van der Waals surface area contributed by atoms with E-state index < -0.39 is 29.9 Å². The molecule has 2 atom stereocenters. The molecule has 0 aromatic heterocycles. The first kappa shape index (κ1) is 17.9. The van der Waals surface area contributed by atoms with E-state index in [1.807, 2.05) is 0 Å². The molecule has 0 spiro atoms. The zero-order valence-corrected chi connectivity index (χ0v) is 11.8. The number of rotatable bonds is 8. The Morgan fingerprint density at radius 3 is 2.05 bits per heavy atom. The predicted octanol–water partition coefficient (Wildman–Crippen LogP) is -1.02. The van der Waals surface area contributed by atoms with Crippen LogP contribution in [0.15, 0.2) is 0 Å². The summed E-state index contributed by atoms with van der Waals surface area (Å²) < 4.78 is 0. The van der Waals surface area contributed by atoms with E-state index in [1.165, 1.54) is 6.92 Å². The third-order valence-corrected chi connectivity index (χ3v) is 2.61. The van der Waals surface area contributed by atoms with Gasteiger partial charge in [-0.25, -0.2) is 0 Å². The van der Waals surface area contributed by atoms with Crippen LogP contribution in [0.4, 0.5) is 0 Å². The Morgan fingerprint density at radius 1 is 1.15 bits per heavy atom. The number of aliphatic carboxylic acids is 1. The molecular formula is C12H21N3O5. The maximum absolute atomic E-state index is 12.0. The van der Waals surface area contributed by atoms with Crippen LogP contribution >= 0.6 is 0 Å². The number of carbonyl (C=O) groups excluding carboxylic acids is 3. The summed E-state index contributed by atoms with van der Waals surface area (Å²) in [5, 5.41) is 13.4. The average molecular weight is 287 g/mol. The maximum atomic E-state index is 12.0. The standard InChI is InChI=1S/C12H21N3O5/c1-6(2)10(14-7(3)16)12(20)15-8(11(13)19)4-5-9(17)18/h6,8,10H,4-5H2,1-3H3,(H2,13,19)(H,14,16)(H,15,20)(H,17,18)/t8-,10+/m0/s1. The van der Waals surface area contributed by atoms with Crippen molar-refractivity contribution in [2.75, 3.05) is 0 Å². The highest BCUT2D eigenvalue weighted by atomic mass is 16.4. The van der Waals surface area contributed by atoms with Crippen LogP contribution in [0.1, 0.15) is 33.6 Å². The molecule has 8 nitrogen and oxygen atoms in total. The van der Waals surface area contributed by atoms with Crippen LogP contribution in [0, 0.1) is 5.92 Å². The summed E-state index contributed by atoms with van der Waals surface area (Å²) in [5.41, 5.74) is 5.11. The summed E-state index contributed by atoms with van der Waals surface area (Å²) in [6, 6.07) is -1.88. The van der Waals surface area contributed by atoms with Gasteiger partial charge in [0, 0.05) is 13.3 Å². The van der Waals surface area contributed by atoms with E-state index >= 15 is 0 Å². The first-order valence-corrected chi connectivity index (χ1v) is 6.23. The molecule has 0 saturated carbocycles. The van der Waals surface area contributed by atoms with Crippen LogP contribution in [-0.2, 0) is 19.2 Å². The quantitative estimate of drug-likeness (QED) is 0.452. The van der Waals surface area contributed by atoms with E-state index in [-0.39, 0.29) is 24.7 Å². The van der Waals surface area contributed by atoms with E-state index in [9.17, 15) is 19.2 Å². The van der Waals surface area contributed by atoms with Crippen molar-refractivity contribution in [1.29, 1.82) is 0 Å². The minimum Gasteiger partial charge on any atom is -0.481 e. The highest BCUT2D eigenvalue weighted by Gasteiger charge is 2.27. The van der Waals surface area contributed by atoms with Crippen molar-refractivity contribution in [1.82, 2.24) is 10.6 Å². The Balaban J connectivity index is 4.74. The summed E-state index contributed by atoms with van der Waals surface area (Å²) in [6.45, 7) is 4.74. The molecular weight excluding hydrogens is 266 g/mol. The van der Waals surface area contributed by atoms with Crippen LogP contribution in [-0.4, -0.2) is 40.9 Å². The van der Waals surface area contributed by atoms with Crippen LogP contribution in [0.5, 0.6) is 0 Å². The van der Waals surface area contributed by atoms with E-state index in [2.05, 4.69) is 10.6 Å².